The summed E-state index contributed by atoms with van der Waals surface area (Å²) in [6.07, 6.45) is 3.70. The Morgan fingerprint density at radius 1 is 1.47 bits per heavy atom. The van der Waals surface area contributed by atoms with Crippen LogP contribution in [0.15, 0.2) is 5.38 Å². The Labute approximate surface area is 108 Å². The van der Waals surface area contributed by atoms with Crippen molar-refractivity contribution in [2.45, 2.75) is 39.2 Å². The SMILES string of the molecule is CCNC1CCN(CCc2csc(C)n2)CC1. The van der Waals surface area contributed by atoms with Crippen molar-refractivity contribution in [2.75, 3.05) is 26.2 Å². The molecule has 0 aliphatic carbocycles. The van der Waals surface area contributed by atoms with Crippen molar-refractivity contribution >= 4 is 11.3 Å². The molecule has 0 atom stereocenters. The number of hydrogen-bond acceptors (Lipinski definition) is 4. The Bertz CT molecular complexity index is 329. The molecule has 1 aliphatic rings. The van der Waals surface area contributed by atoms with E-state index in [-0.39, 0.29) is 0 Å². The van der Waals surface area contributed by atoms with Crippen LogP contribution >= 0.6 is 11.3 Å². The molecule has 1 fully saturated rings. The van der Waals surface area contributed by atoms with E-state index in [0.29, 0.717) is 0 Å². The highest BCUT2D eigenvalue weighted by Gasteiger charge is 2.17. The molecule has 0 radical (unpaired) electrons. The Hall–Kier alpha value is -0.450. The summed E-state index contributed by atoms with van der Waals surface area (Å²) in [6, 6.07) is 0.748. The van der Waals surface area contributed by atoms with Gasteiger partial charge >= 0.3 is 0 Å². The molecule has 1 N–H and O–H groups in total. The molecule has 1 aromatic heterocycles. The van der Waals surface area contributed by atoms with Crippen LogP contribution in [0.2, 0.25) is 0 Å². The van der Waals surface area contributed by atoms with Crippen molar-refractivity contribution in [3.63, 3.8) is 0 Å². The predicted octanol–water partition coefficient (Wildman–Crippen LogP) is 2.07. The summed E-state index contributed by atoms with van der Waals surface area (Å²) >= 11 is 1.76. The molecule has 0 amide bonds. The van der Waals surface area contributed by atoms with Gasteiger partial charge in [-0.3, -0.25) is 0 Å². The fraction of sp³-hybridized carbons (Fsp3) is 0.769. The molecule has 0 unspecified atom stereocenters. The van der Waals surface area contributed by atoms with Crippen LogP contribution in [-0.4, -0.2) is 42.1 Å². The topological polar surface area (TPSA) is 28.2 Å². The van der Waals surface area contributed by atoms with Gasteiger partial charge in [-0.05, 0) is 39.4 Å². The minimum Gasteiger partial charge on any atom is -0.314 e. The Balaban J connectivity index is 1.68. The Morgan fingerprint density at radius 3 is 2.82 bits per heavy atom. The van der Waals surface area contributed by atoms with Crippen molar-refractivity contribution in [1.82, 2.24) is 15.2 Å². The van der Waals surface area contributed by atoms with Gasteiger partial charge in [0.25, 0.3) is 0 Å². The molecule has 2 heterocycles. The van der Waals surface area contributed by atoms with E-state index >= 15 is 0 Å². The lowest BCUT2D eigenvalue weighted by atomic mass is 10.0. The van der Waals surface area contributed by atoms with Crippen molar-refractivity contribution in [3.05, 3.63) is 16.1 Å². The maximum atomic E-state index is 4.52. The van der Waals surface area contributed by atoms with Gasteiger partial charge in [-0.15, -0.1) is 11.3 Å². The molecule has 2 rings (SSSR count). The van der Waals surface area contributed by atoms with Crippen LogP contribution in [0.25, 0.3) is 0 Å². The first kappa shape index (κ1) is 13.0. The van der Waals surface area contributed by atoms with Gasteiger partial charge in [0.2, 0.25) is 0 Å². The van der Waals surface area contributed by atoms with Crippen LogP contribution in [0, 0.1) is 6.92 Å². The first-order chi connectivity index (χ1) is 8.28. The average molecular weight is 253 g/mol. The van der Waals surface area contributed by atoms with E-state index < -0.39 is 0 Å². The zero-order valence-electron chi connectivity index (χ0n) is 10.9. The smallest absolute Gasteiger partial charge is 0.0897 e. The van der Waals surface area contributed by atoms with Gasteiger partial charge in [0, 0.05) is 24.4 Å². The molecule has 1 aliphatic heterocycles. The summed E-state index contributed by atoms with van der Waals surface area (Å²) in [6.45, 7) is 9.01. The van der Waals surface area contributed by atoms with Crippen LogP contribution < -0.4 is 5.32 Å². The third-order valence-corrected chi connectivity index (χ3v) is 4.25. The molecule has 96 valence electrons. The summed E-state index contributed by atoms with van der Waals surface area (Å²) in [5.41, 5.74) is 1.27. The predicted molar refractivity (Wildman–Crippen MR) is 73.7 cm³/mol. The first-order valence-corrected chi connectivity index (χ1v) is 7.52. The molecule has 4 heteroatoms. The Kier molecular flexibility index (Phi) is 4.95. The fourth-order valence-electron chi connectivity index (χ4n) is 2.45. The summed E-state index contributed by atoms with van der Waals surface area (Å²) in [5, 5.41) is 6.93. The highest BCUT2D eigenvalue weighted by Crippen LogP contribution is 2.12. The van der Waals surface area contributed by atoms with E-state index in [9.17, 15) is 0 Å². The monoisotopic (exact) mass is 253 g/mol. The lowest BCUT2D eigenvalue weighted by Gasteiger charge is -2.32. The average Bonchev–Trinajstić information content (AvgIpc) is 2.75. The van der Waals surface area contributed by atoms with Gasteiger partial charge in [-0.2, -0.15) is 0 Å². The van der Waals surface area contributed by atoms with Crippen LogP contribution in [0.1, 0.15) is 30.5 Å². The van der Waals surface area contributed by atoms with Gasteiger partial charge in [0.05, 0.1) is 10.7 Å². The van der Waals surface area contributed by atoms with Gasteiger partial charge in [0.15, 0.2) is 0 Å². The number of aromatic nitrogens is 1. The zero-order valence-corrected chi connectivity index (χ0v) is 11.7. The van der Waals surface area contributed by atoms with Crippen molar-refractivity contribution in [2.24, 2.45) is 0 Å². The third-order valence-electron chi connectivity index (χ3n) is 3.43. The summed E-state index contributed by atoms with van der Waals surface area (Å²) in [5.74, 6) is 0. The minimum atomic E-state index is 0.748. The lowest BCUT2D eigenvalue weighted by molar-refractivity contribution is 0.200. The number of nitrogens with one attached hydrogen (secondary N) is 1. The summed E-state index contributed by atoms with van der Waals surface area (Å²) in [7, 11) is 0. The Morgan fingerprint density at radius 2 is 2.24 bits per heavy atom. The molecule has 0 saturated carbocycles. The number of rotatable bonds is 5. The van der Waals surface area contributed by atoms with Gasteiger partial charge in [-0.25, -0.2) is 4.98 Å². The number of likely N-dealkylation sites (tertiary alicyclic amines) is 1. The van der Waals surface area contributed by atoms with E-state index in [4.69, 9.17) is 0 Å². The maximum Gasteiger partial charge on any atom is 0.0897 e. The van der Waals surface area contributed by atoms with Crippen LogP contribution in [0.4, 0.5) is 0 Å². The number of piperidine rings is 1. The van der Waals surface area contributed by atoms with Gasteiger partial charge in [-0.1, -0.05) is 6.92 Å². The molecule has 17 heavy (non-hydrogen) atoms. The molecule has 1 saturated heterocycles. The van der Waals surface area contributed by atoms with E-state index in [1.807, 2.05) is 0 Å². The molecule has 0 spiro atoms. The first-order valence-electron chi connectivity index (χ1n) is 6.64. The standard InChI is InChI=1S/C13H23N3S/c1-3-14-12-4-7-16(8-5-12)9-6-13-10-17-11(2)15-13/h10,12,14H,3-9H2,1-2H3. The fourth-order valence-corrected chi connectivity index (χ4v) is 3.09. The van der Waals surface area contributed by atoms with Crippen molar-refractivity contribution < 1.29 is 0 Å². The van der Waals surface area contributed by atoms with E-state index in [1.165, 1.54) is 43.2 Å². The quantitative estimate of drug-likeness (QED) is 0.871. The molecular formula is C13H23N3S. The second-order valence-corrected chi connectivity index (χ2v) is 5.84. The second-order valence-electron chi connectivity index (χ2n) is 4.78. The van der Waals surface area contributed by atoms with E-state index in [0.717, 1.165) is 19.0 Å². The molecule has 3 nitrogen and oxygen atoms in total. The van der Waals surface area contributed by atoms with Crippen LogP contribution in [0.3, 0.4) is 0 Å². The molecular weight excluding hydrogens is 230 g/mol. The molecule has 0 aromatic carbocycles. The van der Waals surface area contributed by atoms with Gasteiger partial charge < -0.3 is 10.2 Å². The van der Waals surface area contributed by atoms with Crippen LogP contribution in [-0.2, 0) is 6.42 Å². The summed E-state index contributed by atoms with van der Waals surface area (Å²) < 4.78 is 0. The molecule has 0 bridgehead atoms. The van der Waals surface area contributed by atoms with Gasteiger partial charge in [0.1, 0.15) is 0 Å². The zero-order chi connectivity index (χ0) is 12.1. The van der Waals surface area contributed by atoms with E-state index in [1.54, 1.807) is 11.3 Å². The number of hydrogen-bond donors (Lipinski definition) is 1. The largest absolute Gasteiger partial charge is 0.314 e. The molecule has 1 aromatic rings. The van der Waals surface area contributed by atoms with Crippen molar-refractivity contribution in [3.8, 4) is 0 Å². The normalized spacial score (nSPS) is 18.7. The highest BCUT2D eigenvalue weighted by atomic mass is 32.1. The van der Waals surface area contributed by atoms with Crippen LogP contribution in [0.5, 0.6) is 0 Å². The second kappa shape index (κ2) is 6.47. The third kappa shape index (κ3) is 4.05. The maximum absolute atomic E-state index is 4.52. The van der Waals surface area contributed by atoms with E-state index in [2.05, 4.69) is 34.4 Å². The highest BCUT2D eigenvalue weighted by molar-refractivity contribution is 7.09. The lowest BCUT2D eigenvalue weighted by Crippen LogP contribution is -2.43. The number of thiazole rings is 1. The number of aryl methyl sites for hydroxylation is 1. The summed E-state index contributed by atoms with van der Waals surface area (Å²) in [4.78, 5) is 7.09. The number of nitrogens with zero attached hydrogens (tertiary/aromatic N) is 2. The van der Waals surface area contributed by atoms with Crippen molar-refractivity contribution in [1.29, 1.82) is 0 Å². The minimum absolute atomic E-state index is 0.748.